The molecule has 0 radical (unpaired) electrons. The number of benzene rings is 1. The van der Waals surface area contributed by atoms with Crippen LogP contribution in [-0.4, -0.2) is 44.4 Å². The number of morpholine rings is 1. The molecular weight excluding hydrogens is 230 g/mol. The van der Waals surface area contributed by atoms with Gasteiger partial charge in [-0.2, -0.15) is 5.26 Å². The topological polar surface area (TPSA) is 71.5 Å². The molecule has 0 bridgehead atoms. The molecule has 5 heteroatoms. The molecule has 0 aliphatic carbocycles. The minimum Gasteiger partial charge on any atom is -0.492 e. The third-order valence-corrected chi connectivity index (χ3v) is 2.84. The first-order chi connectivity index (χ1) is 8.78. The summed E-state index contributed by atoms with van der Waals surface area (Å²) in [5.41, 5.74) is 6.77. The molecule has 0 atom stereocenters. The molecule has 1 aromatic carbocycles. The van der Waals surface area contributed by atoms with Crippen molar-refractivity contribution in [3.8, 4) is 11.8 Å². The van der Waals surface area contributed by atoms with Crippen molar-refractivity contribution < 1.29 is 9.47 Å². The van der Waals surface area contributed by atoms with Gasteiger partial charge in [0.1, 0.15) is 12.4 Å². The Morgan fingerprint density at radius 2 is 2.11 bits per heavy atom. The average Bonchev–Trinajstić information content (AvgIpc) is 2.39. The van der Waals surface area contributed by atoms with Crippen LogP contribution in [0.25, 0.3) is 0 Å². The van der Waals surface area contributed by atoms with Gasteiger partial charge in [0.2, 0.25) is 0 Å². The van der Waals surface area contributed by atoms with E-state index in [1.807, 2.05) is 0 Å². The summed E-state index contributed by atoms with van der Waals surface area (Å²) in [6, 6.07) is 7.14. The number of nitrogens with zero attached hydrogens (tertiary/aromatic N) is 2. The van der Waals surface area contributed by atoms with Gasteiger partial charge in [0, 0.05) is 31.4 Å². The lowest BCUT2D eigenvalue weighted by Gasteiger charge is -2.26. The molecule has 1 aliphatic rings. The summed E-state index contributed by atoms with van der Waals surface area (Å²) >= 11 is 0. The van der Waals surface area contributed by atoms with E-state index in [1.165, 1.54) is 0 Å². The number of nitrogens with two attached hydrogens (primary N) is 1. The molecule has 2 N–H and O–H groups in total. The number of nitriles is 1. The van der Waals surface area contributed by atoms with Crippen LogP contribution in [0.3, 0.4) is 0 Å². The van der Waals surface area contributed by atoms with Gasteiger partial charge in [-0.15, -0.1) is 0 Å². The summed E-state index contributed by atoms with van der Waals surface area (Å²) in [7, 11) is 0. The molecule has 2 rings (SSSR count). The largest absolute Gasteiger partial charge is 0.492 e. The Balaban J connectivity index is 1.82. The Kier molecular flexibility index (Phi) is 4.40. The lowest BCUT2D eigenvalue weighted by molar-refractivity contribution is 0.0322. The molecule has 5 nitrogen and oxygen atoms in total. The lowest BCUT2D eigenvalue weighted by atomic mass is 10.2. The first-order valence-electron chi connectivity index (χ1n) is 6.01. The first-order valence-corrected chi connectivity index (χ1v) is 6.01. The predicted octanol–water partition coefficient (Wildman–Crippen LogP) is 0.851. The molecule has 96 valence electrons. The Hall–Kier alpha value is -1.77. The fourth-order valence-electron chi connectivity index (χ4n) is 1.89. The van der Waals surface area contributed by atoms with E-state index in [9.17, 15) is 0 Å². The van der Waals surface area contributed by atoms with E-state index in [0.717, 1.165) is 32.8 Å². The molecule has 1 fully saturated rings. The maximum Gasteiger partial charge on any atom is 0.122 e. The molecule has 1 aliphatic heterocycles. The summed E-state index contributed by atoms with van der Waals surface area (Å²) in [6.07, 6.45) is 0. The zero-order valence-electron chi connectivity index (χ0n) is 10.3. The summed E-state index contributed by atoms with van der Waals surface area (Å²) in [4.78, 5) is 2.29. The molecule has 0 spiro atoms. The maximum atomic E-state index is 8.83. The van der Waals surface area contributed by atoms with Crippen LogP contribution in [0.15, 0.2) is 18.2 Å². The van der Waals surface area contributed by atoms with E-state index in [-0.39, 0.29) is 0 Å². The smallest absolute Gasteiger partial charge is 0.122 e. The zero-order valence-corrected chi connectivity index (χ0v) is 10.3. The van der Waals surface area contributed by atoms with Crippen LogP contribution in [0, 0.1) is 11.3 Å². The van der Waals surface area contributed by atoms with E-state index in [2.05, 4.69) is 11.0 Å². The standard InChI is InChI=1S/C13H17N3O2/c14-10-11-7-12(15)9-13(8-11)18-6-3-16-1-4-17-5-2-16/h7-9H,1-6,15H2. The molecule has 0 amide bonds. The van der Waals surface area contributed by atoms with Gasteiger partial charge in [-0.1, -0.05) is 0 Å². The normalized spacial score (nSPS) is 16.2. The van der Waals surface area contributed by atoms with Crippen LogP contribution in [0.1, 0.15) is 5.56 Å². The third-order valence-electron chi connectivity index (χ3n) is 2.84. The number of ether oxygens (including phenoxy) is 2. The van der Waals surface area contributed by atoms with Crippen molar-refractivity contribution >= 4 is 5.69 Å². The van der Waals surface area contributed by atoms with E-state index < -0.39 is 0 Å². The van der Waals surface area contributed by atoms with Gasteiger partial charge in [-0.05, 0) is 12.1 Å². The average molecular weight is 247 g/mol. The van der Waals surface area contributed by atoms with Crippen molar-refractivity contribution in [1.29, 1.82) is 5.26 Å². The molecule has 0 unspecified atom stereocenters. The van der Waals surface area contributed by atoms with Gasteiger partial charge >= 0.3 is 0 Å². The van der Waals surface area contributed by atoms with Gasteiger partial charge in [-0.3, -0.25) is 4.90 Å². The summed E-state index contributed by atoms with van der Waals surface area (Å²) in [6.45, 7) is 4.93. The minimum absolute atomic E-state index is 0.524. The second kappa shape index (κ2) is 6.24. The van der Waals surface area contributed by atoms with Gasteiger partial charge in [0.25, 0.3) is 0 Å². The van der Waals surface area contributed by atoms with Crippen LogP contribution < -0.4 is 10.5 Å². The molecule has 0 aromatic heterocycles. The monoisotopic (exact) mass is 247 g/mol. The molecule has 0 saturated carbocycles. The highest BCUT2D eigenvalue weighted by atomic mass is 16.5. The number of hydrogen-bond acceptors (Lipinski definition) is 5. The lowest BCUT2D eigenvalue weighted by Crippen LogP contribution is -2.38. The summed E-state index contributed by atoms with van der Waals surface area (Å²) in [5, 5.41) is 8.83. The van der Waals surface area contributed by atoms with Crippen LogP contribution in [0.5, 0.6) is 5.75 Å². The minimum atomic E-state index is 0.524. The van der Waals surface area contributed by atoms with Crippen LogP contribution >= 0.6 is 0 Å². The maximum absolute atomic E-state index is 8.83. The van der Waals surface area contributed by atoms with Crippen molar-refractivity contribution in [2.75, 3.05) is 45.2 Å². The Labute approximate surface area is 107 Å². The Morgan fingerprint density at radius 3 is 2.83 bits per heavy atom. The first kappa shape index (κ1) is 12.7. The van der Waals surface area contributed by atoms with Gasteiger partial charge in [-0.25, -0.2) is 0 Å². The number of rotatable bonds is 4. The van der Waals surface area contributed by atoms with Crippen LogP contribution in [-0.2, 0) is 4.74 Å². The van der Waals surface area contributed by atoms with E-state index in [1.54, 1.807) is 18.2 Å². The quantitative estimate of drug-likeness (QED) is 0.799. The highest BCUT2D eigenvalue weighted by molar-refractivity contribution is 5.51. The molecule has 1 saturated heterocycles. The predicted molar refractivity (Wildman–Crippen MR) is 68.3 cm³/mol. The molecule has 1 heterocycles. The van der Waals surface area contributed by atoms with Gasteiger partial charge < -0.3 is 15.2 Å². The van der Waals surface area contributed by atoms with Crippen molar-refractivity contribution in [2.45, 2.75) is 0 Å². The number of anilines is 1. The Bertz CT molecular complexity index is 436. The van der Waals surface area contributed by atoms with Crippen molar-refractivity contribution in [2.24, 2.45) is 0 Å². The zero-order chi connectivity index (χ0) is 12.8. The van der Waals surface area contributed by atoms with Crippen LogP contribution in [0.4, 0.5) is 5.69 Å². The van der Waals surface area contributed by atoms with Crippen LogP contribution in [0.2, 0.25) is 0 Å². The van der Waals surface area contributed by atoms with E-state index in [0.29, 0.717) is 23.6 Å². The highest BCUT2D eigenvalue weighted by Crippen LogP contribution is 2.18. The Morgan fingerprint density at radius 1 is 1.33 bits per heavy atom. The highest BCUT2D eigenvalue weighted by Gasteiger charge is 2.09. The number of hydrogen-bond donors (Lipinski definition) is 1. The van der Waals surface area contributed by atoms with E-state index in [4.69, 9.17) is 20.5 Å². The summed E-state index contributed by atoms with van der Waals surface area (Å²) in [5.74, 6) is 0.653. The number of nitrogen functional groups attached to an aromatic ring is 1. The van der Waals surface area contributed by atoms with Crippen molar-refractivity contribution in [3.05, 3.63) is 23.8 Å². The second-order valence-corrected chi connectivity index (χ2v) is 4.21. The van der Waals surface area contributed by atoms with Crippen molar-refractivity contribution in [1.82, 2.24) is 4.90 Å². The SMILES string of the molecule is N#Cc1cc(N)cc(OCCN2CCOCC2)c1. The fourth-order valence-corrected chi connectivity index (χ4v) is 1.89. The molecule has 18 heavy (non-hydrogen) atoms. The second-order valence-electron chi connectivity index (χ2n) is 4.21. The molecular formula is C13H17N3O2. The van der Waals surface area contributed by atoms with Gasteiger partial charge in [0.15, 0.2) is 0 Å². The third kappa shape index (κ3) is 3.62. The summed E-state index contributed by atoms with van der Waals surface area (Å²) < 4.78 is 10.9. The van der Waals surface area contributed by atoms with Crippen molar-refractivity contribution in [3.63, 3.8) is 0 Å². The fraction of sp³-hybridized carbons (Fsp3) is 0.462. The molecule has 1 aromatic rings. The van der Waals surface area contributed by atoms with Gasteiger partial charge in [0.05, 0.1) is 24.8 Å². The van der Waals surface area contributed by atoms with E-state index >= 15 is 0 Å².